The van der Waals surface area contributed by atoms with Crippen molar-refractivity contribution in [1.82, 2.24) is 0 Å². The Hall–Kier alpha value is -2.39. The van der Waals surface area contributed by atoms with Crippen molar-refractivity contribution in [2.24, 2.45) is 0 Å². The minimum Gasteiger partial charge on any atom is -0.371 e. The van der Waals surface area contributed by atoms with Gasteiger partial charge in [-0.3, -0.25) is 10.1 Å². The summed E-state index contributed by atoms with van der Waals surface area (Å²) in [5, 5.41) is 22.0. The van der Waals surface area contributed by atoms with Crippen molar-refractivity contribution in [3.05, 3.63) is 56.3 Å². The van der Waals surface area contributed by atoms with Gasteiger partial charge in [0.05, 0.1) is 4.92 Å². The normalized spacial score (nSPS) is 11.7. The van der Waals surface area contributed by atoms with Crippen molar-refractivity contribution in [2.45, 2.75) is 19.4 Å². The van der Waals surface area contributed by atoms with Gasteiger partial charge >= 0.3 is 0 Å². The number of hydrogen-bond acceptors (Lipinski definition) is 5. The number of rotatable bonds is 5. The van der Waals surface area contributed by atoms with Crippen LogP contribution in [0.15, 0.2) is 35.7 Å². The Labute approximate surface area is 127 Å². The highest BCUT2D eigenvalue weighted by molar-refractivity contribution is 7.09. The van der Waals surface area contributed by atoms with Crippen LogP contribution in [0.4, 0.5) is 11.4 Å². The maximum absolute atomic E-state index is 11.0. The molecule has 2 aromatic rings. The Balaban J connectivity index is 2.22. The van der Waals surface area contributed by atoms with Gasteiger partial charge in [-0.2, -0.15) is 5.26 Å². The minimum absolute atomic E-state index is 0.0862. The van der Waals surface area contributed by atoms with Gasteiger partial charge in [0.1, 0.15) is 11.6 Å². The van der Waals surface area contributed by atoms with Crippen molar-refractivity contribution in [1.29, 1.82) is 5.26 Å². The van der Waals surface area contributed by atoms with E-state index in [4.69, 9.17) is 5.26 Å². The molecular formula is C15H15N3O2S. The molecule has 0 radical (unpaired) electrons. The molecule has 0 N–H and O–H groups in total. The van der Waals surface area contributed by atoms with Gasteiger partial charge < -0.3 is 4.90 Å². The molecule has 1 heterocycles. The maximum atomic E-state index is 11.0. The number of benzene rings is 1. The summed E-state index contributed by atoms with van der Waals surface area (Å²) >= 11 is 1.70. The summed E-state index contributed by atoms with van der Waals surface area (Å²) in [7, 11) is 1.91. The predicted octanol–water partition coefficient (Wildman–Crippen LogP) is 3.60. The molecule has 0 aliphatic heterocycles. The van der Waals surface area contributed by atoms with Crippen LogP contribution in [0.5, 0.6) is 0 Å². The number of nitriles is 1. The van der Waals surface area contributed by atoms with Gasteiger partial charge in [-0.15, -0.1) is 11.3 Å². The Kier molecular flexibility index (Phi) is 4.55. The number of nitro benzene ring substituents is 1. The van der Waals surface area contributed by atoms with Crippen LogP contribution in [0.1, 0.15) is 17.4 Å². The molecule has 5 nitrogen and oxygen atoms in total. The molecule has 1 unspecified atom stereocenters. The van der Waals surface area contributed by atoms with Crippen LogP contribution in [-0.4, -0.2) is 18.0 Å². The number of nitro groups is 1. The summed E-state index contributed by atoms with van der Waals surface area (Å²) in [6, 6.07) is 10.9. The summed E-state index contributed by atoms with van der Waals surface area (Å²) in [5.41, 5.74) is 0.679. The minimum atomic E-state index is -0.514. The zero-order valence-electron chi connectivity index (χ0n) is 11.8. The van der Waals surface area contributed by atoms with E-state index in [9.17, 15) is 10.1 Å². The van der Waals surface area contributed by atoms with Crippen LogP contribution in [0.25, 0.3) is 0 Å². The van der Waals surface area contributed by atoms with Crippen molar-refractivity contribution in [3.8, 4) is 6.07 Å². The van der Waals surface area contributed by atoms with Gasteiger partial charge in [0, 0.05) is 36.1 Å². The molecule has 108 valence electrons. The highest BCUT2D eigenvalue weighted by Crippen LogP contribution is 2.26. The van der Waals surface area contributed by atoms with E-state index in [1.165, 1.54) is 17.0 Å². The predicted molar refractivity (Wildman–Crippen MR) is 83.7 cm³/mol. The molecule has 1 aromatic heterocycles. The van der Waals surface area contributed by atoms with E-state index in [2.05, 4.69) is 13.0 Å². The van der Waals surface area contributed by atoms with E-state index in [1.54, 1.807) is 17.4 Å². The Morgan fingerprint density at radius 2 is 2.24 bits per heavy atom. The van der Waals surface area contributed by atoms with Crippen LogP contribution in [0.2, 0.25) is 0 Å². The van der Waals surface area contributed by atoms with Gasteiger partial charge in [-0.05, 0) is 30.5 Å². The highest BCUT2D eigenvalue weighted by atomic mass is 32.1. The van der Waals surface area contributed by atoms with Crippen molar-refractivity contribution in [3.63, 3.8) is 0 Å². The zero-order chi connectivity index (χ0) is 15.4. The molecule has 0 aliphatic carbocycles. The fraction of sp³-hybridized carbons (Fsp3) is 0.267. The molecule has 0 aliphatic rings. The average Bonchev–Trinajstić information content (AvgIpc) is 2.98. The summed E-state index contributed by atoms with van der Waals surface area (Å²) in [6.45, 7) is 2.07. The van der Waals surface area contributed by atoms with Gasteiger partial charge in [0.15, 0.2) is 0 Å². The molecule has 1 atom stereocenters. The molecule has 0 saturated heterocycles. The van der Waals surface area contributed by atoms with E-state index >= 15 is 0 Å². The van der Waals surface area contributed by atoms with Gasteiger partial charge in [0.2, 0.25) is 0 Å². The molecule has 0 amide bonds. The summed E-state index contributed by atoms with van der Waals surface area (Å²) in [4.78, 5) is 13.8. The van der Waals surface area contributed by atoms with E-state index < -0.39 is 4.92 Å². The second-order valence-electron chi connectivity index (χ2n) is 4.81. The van der Waals surface area contributed by atoms with E-state index in [0.717, 1.165) is 12.1 Å². The number of nitrogens with zero attached hydrogens (tertiary/aromatic N) is 3. The van der Waals surface area contributed by atoms with Crippen LogP contribution in [0.3, 0.4) is 0 Å². The number of likely N-dealkylation sites (N-methyl/N-ethyl adjacent to an activating group) is 1. The van der Waals surface area contributed by atoms with Gasteiger partial charge in [-0.1, -0.05) is 6.07 Å². The highest BCUT2D eigenvalue weighted by Gasteiger charge is 2.18. The van der Waals surface area contributed by atoms with Crippen molar-refractivity contribution >= 4 is 22.7 Å². The number of thiophene rings is 1. The van der Waals surface area contributed by atoms with Crippen LogP contribution in [-0.2, 0) is 6.42 Å². The maximum Gasteiger partial charge on any atom is 0.289 e. The lowest BCUT2D eigenvalue weighted by atomic mass is 10.1. The topological polar surface area (TPSA) is 70.2 Å². The molecule has 0 saturated carbocycles. The smallest absolute Gasteiger partial charge is 0.289 e. The van der Waals surface area contributed by atoms with Crippen molar-refractivity contribution < 1.29 is 4.92 Å². The molecule has 0 fully saturated rings. The monoisotopic (exact) mass is 301 g/mol. The third kappa shape index (κ3) is 3.38. The third-order valence-corrected chi connectivity index (χ3v) is 4.34. The second kappa shape index (κ2) is 6.37. The first-order valence-electron chi connectivity index (χ1n) is 6.46. The first-order valence-corrected chi connectivity index (χ1v) is 7.34. The van der Waals surface area contributed by atoms with Crippen LogP contribution in [0, 0.1) is 21.4 Å². The van der Waals surface area contributed by atoms with Crippen molar-refractivity contribution in [2.75, 3.05) is 11.9 Å². The average molecular weight is 301 g/mol. The lowest BCUT2D eigenvalue weighted by molar-refractivity contribution is -0.385. The third-order valence-electron chi connectivity index (χ3n) is 3.44. The summed E-state index contributed by atoms with van der Waals surface area (Å²) in [5.74, 6) is 0. The SMILES string of the molecule is CC(Cc1cccs1)N(C)c1ccc(C#N)c([N+](=O)[O-])c1. The molecule has 2 rings (SSSR count). The summed E-state index contributed by atoms with van der Waals surface area (Å²) in [6.07, 6.45) is 0.877. The largest absolute Gasteiger partial charge is 0.371 e. The van der Waals surface area contributed by atoms with Gasteiger partial charge in [-0.25, -0.2) is 0 Å². The quantitative estimate of drug-likeness (QED) is 0.625. The summed E-state index contributed by atoms with van der Waals surface area (Å²) < 4.78 is 0. The Bertz CT molecular complexity index is 677. The first-order chi connectivity index (χ1) is 10.0. The van der Waals surface area contributed by atoms with Crippen LogP contribution >= 0.6 is 11.3 Å². The fourth-order valence-electron chi connectivity index (χ4n) is 2.10. The Morgan fingerprint density at radius 3 is 2.81 bits per heavy atom. The molecule has 0 spiro atoms. The number of anilines is 1. The lowest BCUT2D eigenvalue weighted by Gasteiger charge is -2.26. The zero-order valence-corrected chi connectivity index (χ0v) is 12.6. The lowest BCUT2D eigenvalue weighted by Crippen LogP contribution is -2.30. The van der Waals surface area contributed by atoms with Crippen LogP contribution < -0.4 is 4.90 Å². The van der Waals surface area contributed by atoms with E-state index in [-0.39, 0.29) is 17.3 Å². The molecular weight excluding hydrogens is 286 g/mol. The molecule has 6 heteroatoms. The Morgan fingerprint density at radius 1 is 1.48 bits per heavy atom. The molecule has 0 bridgehead atoms. The fourth-order valence-corrected chi connectivity index (χ4v) is 2.92. The molecule has 21 heavy (non-hydrogen) atoms. The number of hydrogen-bond donors (Lipinski definition) is 0. The van der Waals surface area contributed by atoms with E-state index in [1.807, 2.05) is 29.5 Å². The molecule has 1 aromatic carbocycles. The van der Waals surface area contributed by atoms with Gasteiger partial charge in [0.25, 0.3) is 5.69 Å². The van der Waals surface area contributed by atoms with E-state index in [0.29, 0.717) is 0 Å². The standard InChI is InChI=1S/C15H15N3O2S/c1-11(8-14-4-3-7-21-14)17(2)13-6-5-12(10-16)15(9-13)18(19)20/h3-7,9,11H,8H2,1-2H3. The first kappa shape index (κ1) is 15.0. The second-order valence-corrected chi connectivity index (χ2v) is 5.85.